The highest BCUT2D eigenvalue weighted by Crippen LogP contribution is 2.22. The molecule has 2 fully saturated rings. The van der Waals surface area contributed by atoms with Crippen molar-refractivity contribution in [3.8, 4) is 0 Å². The predicted octanol–water partition coefficient (Wildman–Crippen LogP) is 0.154. The lowest BCUT2D eigenvalue weighted by molar-refractivity contribution is -0.0200. The average Bonchev–Trinajstić information content (AvgIpc) is 2.66. The molecular formula is C8H15NO2. The van der Waals surface area contributed by atoms with Crippen LogP contribution < -0.4 is 5.32 Å². The summed E-state index contributed by atoms with van der Waals surface area (Å²) in [6.07, 6.45) is 3.53. The van der Waals surface area contributed by atoms with Crippen molar-refractivity contribution in [2.75, 3.05) is 26.3 Å². The topological polar surface area (TPSA) is 30.5 Å². The van der Waals surface area contributed by atoms with E-state index in [1.807, 2.05) is 0 Å². The monoisotopic (exact) mass is 157 g/mol. The second-order valence-corrected chi connectivity index (χ2v) is 3.22. The second kappa shape index (κ2) is 3.52. The summed E-state index contributed by atoms with van der Waals surface area (Å²) in [6, 6.07) is 0. The Morgan fingerprint density at radius 3 is 2.09 bits per heavy atom. The van der Waals surface area contributed by atoms with Gasteiger partial charge in [-0.05, 0) is 12.8 Å². The summed E-state index contributed by atoms with van der Waals surface area (Å²) >= 11 is 0. The zero-order chi connectivity index (χ0) is 7.52. The third-order valence-corrected chi connectivity index (χ3v) is 2.06. The molecule has 2 aliphatic rings. The molecule has 2 rings (SSSR count). The predicted molar refractivity (Wildman–Crippen MR) is 41.6 cm³/mol. The second-order valence-electron chi connectivity index (χ2n) is 3.22. The van der Waals surface area contributed by atoms with Crippen LogP contribution in [0.2, 0.25) is 0 Å². The van der Waals surface area contributed by atoms with E-state index in [0.29, 0.717) is 12.2 Å². The molecule has 1 aliphatic heterocycles. The lowest BCUT2D eigenvalue weighted by atomic mass is 10.2. The maximum atomic E-state index is 5.47. The first-order chi connectivity index (χ1) is 5.45. The van der Waals surface area contributed by atoms with E-state index in [1.165, 1.54) is 12.8 Å². The molecule has 1 N–H and O–H groups in total. The van der Waals surface area contributed by atoms with E-state index in [9.17, 15) is 0 Å². The minimum atomic E-state index is 0.456. The third kappa shape index (κ3) is 2.43. The van der Waals surface area contributed by atoms with Crippen LogP contribution in [0.25, 0.3) is 0 Å². The Morgan fingerprint density at radius 1 is 1.00 bits per heavy atom. The van der Waals surface area contributed by atoms with Gasteiger partial charge in [-0.3, -0.25) is 0 Å². The van der Waals surface area contributed by atoms with Crippen molar-refractivity contribution < 1.29 is 9.47 Å². The largest absolute Gasteiger partial charge is 0.376 e. The SMILES string of the molecule is C(COC1CNC1)OC1CC1. The fraction of sp³-hybridized carbons (Fsp3) is 1.00. The highest BCUT2D eigenvalue weighted by atomic mass is 16.5. The molecule has 3 nitrogen and oxygen atoms in total. The summed E-state index contributed by atoms with van der Waals surface area (Å²) in [5, 5.41) is 3.16. The zero-order valence-corrected chi connectivity index (χ0v) is 6.71. The summed E-state index contributed by atoms with van der Waals surface area (Å²) < 4.78 is 10.9. The van der Waals surface area contributed by atoms with Crippen molar-refractivity contribution in [2.45, 2.75) is 25.0 Å². The molecule has 11 heavy (non-hydrogen) atoms. The van der Waals surface area contributed by atoms with Crippen LogP contribution in [0.1, 0.15) is 12.8 Å². The quantitative estimate of drug-likeness (QED) is 0.576. The minimum Gasteiger partial charge on any atom is -0.376 e. The Labute approximate surface area is 67.1 Å². The van der Waals surface area contributed by atoms with Gasteiger partial charge >= 0.3 is 0 Å². The van der Waals surface area contributed by atoms with E-state index >= 15 is 0 Å². The van der Waals surface area contributed by atoms with E-state index < -0.39 is 0 Å². The van der Waals surface area contributed by atoms with E-state index in [4.69, 9.17) is 9.47 Å². The summed E-state index contributed by atoms with van der Waals surface area (Å²) in [5.74, 6) is 0. The first-order valence-electron chi connectivity index (χ1n) is 4.39. The molecule has 1 saturated carbocycles. The summed E-state index contributed by atoms with van der Waals surface area (Å²) in [4.78, 5) is 0. The van der Waals surface area contributed by atoms with Gasteiger partial charge in [0.05, 0.1) is 25.4 Å². The Morgan fingerprint density at radius 2 is 1.64 bits per heavy atom. The highest BCUT2D eigenvalue weighted by Gasteiger charge is 2.22. The molecule has 0 aromatic rings. The zero-order valence-electron chi connectivity index (χ0n) is 6.71. The van der Waals surface area contributed by atoms with Crippen molar-refractivity contribution in [3.05, 3.63) is 0 Å². The molecule has 0 spiro atoms. The Bertz CT molecular complexity index is 121. The lowest BCUT2D eigenvalue weighted by Crippen LogP contribution is -2.48. The van der Waals surface area contributed by atoms with Crippen LogP contribution in [0.3, 0.4) is 0 Å². The smallest absolute Gasteiger partial charge is 0.0824 e. The van der Waals surface area contributed by atoms with Gasteiger partial charge in [-0.15, -0.1) is 0 Å². The first kappa shape index (κ1) is 7.53. The van der Waals surface area contributed by atoms with Crippen LogP contribution >= 0.6 is 0 Å². The van der Waals surface area contributed by atoms with Gasteiger partial charge in [0, 0.05) is 13.1 Å². The van der Waals surface area contributed by atoms with Gasteiger partial charge in [0.2, 0.25) is 0 Å². The van der Waals surface area contributed by atoms with Gasteiger partial charge in [0.1, 0.15) is 0 Å². The van der Waals surface area contributed by atoms with Gasteiger partial charge < -0.3 is 14.8 Å². The molecule has 0 amide bonds. The van der Waals surface area contributed by atoms with Crippen LogP contribution in [-0.4, -0.2) is 38.5 Å². The Hall–Kier alpha value is -0.120. The minimum absolute atomic E-state index is 0.456. The van der Waals surface area contributed by atoms with E-state index in [0.717, 1.165) is 26.3 Å². The number of nitrogens with one attached hydrogen (secondary N) is 1. The highest BCUT2D eigenvalue weighted by molar-refractivity contribution is 4.75. The maximum absolute atomic E-state index is 5.47. The summed E-state index contributed by atoms with van der Waals surface area (Å²) in [5.41, 5.74) is 0. The van der Waals surface area contributed by atoms with Crippen LogP contribution in [0, 0.1) is 0 Å². The molecule has 0 aromatic heterocycles. The molecule has 3 heteroatoms. The number of hydrogen-bond acceptors (Lipinski definition) is 3. The lowest BCUT2D eigenvalue weighted by Gasteiger charge is -2.26. The van der Waals surface area contributed by atoms with Gasteiger partial charge in [0.15, 0.2) is 0 Å². The molecule has 1 aliphatic carbocycles. The van der Waals surface area contributed by atoms with E-state index in [2.05, 4.69) is 5.32 Å². The van der Waals surface area contributed by atoms with Crippen LogP contribution in [0.15, 0.2) is 0 Å². The van der Waals surface area contributed by atoms with Crippen molar-refractivity contribution >= 4 is 0 Å². The molecule has 0 radical (unpaired) electrons. The Balaban J connectivity index is 1.40. The number of hydrogen-bond donors (Lipinski definition) is 1. The molecule has 0 aromatic carbocycles. The summed E-state index contributed by atoms with van der Waals surface area (Å²) in [6.45, 7) is 3.58. The third-order valence-electron chi connectivity index (χ3n) is 2.06. The van der Waals surface area contributed by atoms with Gasteiger partial charge in [-0.1, -0.05) is 0 Å². The van der Waals surface area contributed by atoms with Gasteiger partial charge in [-0.25, -0.2) is 0 Å². The first-order valence-corrected chi connectivity index (χ1v) is 4.39. The van der Waals surface area contributed by atoms with E-state index in [1.54, 1.807) is 0 Å². The van der Waals surface area contributed by atoms with Crippen molar-refractivity contribution in [1.29, 1.82) is 0 Å². The molecule has 64 valence electrons. The van der Waals surface area contributed by atoms with Crippen LogP contribution in [0.4, 0.5) is 0 Å². The average molecular weight is 157 g/mol. The van der Waals surface area contributed by atoms with Crippen molar-refractivity contribution in [1.82, 2.24) is 5.32 Å². The van der Waals surface area contributed by atoms with Gasteiger partial charge in [-0.2, -0.15) is 0 Å². The van der Waals surface area contributed by atoms with E-state index in [-0.39, 0.29) is 0 Å². The van der Waals surface area contributed by atoms with Crippen LogP contribution in [0.5, 0.6) is 0 Å². The molecule has 1 saturated heterocycles. The standard InChI is InChI=1S/C8H15NO2/c1-2-7(1)10-3-4-11-8-5-9-6-8/h7-9H,1-6H2. The molecule has 0 atom stereocenters. The van der Waals surface area contributed by atoms with Crippen molar-refractivity contribution in [2.24, 2.45) is 0 Å². The fourth-order valence-corrected chi connectivity index (χ4v) is 1.04. The normalized spacial score (nSPS) is 25.1. The molecule has 0 unspecified atom stereocenters. The summed E-state index contributed by atoms with van der Waals surface area (Å²) in [7, 11) is 0. The Kier molecular flexibility index (Phi) is 2.41. The van der Waals surface area contributed by atoms with Crippen molar-refractivity contribution in [3.63, 3.8) is 0 Å². The van der Waals surface area contributed by atoms with Crippen LogP contribution in [-0.2, 0) is 9.47 Å². The van der Waals surface area contributed by atoms with Gasteiger partial charge in [0.25, 0.3) is 0 Å². The number of rotatable bonds is 5. The fourth-order valence-electron chi connectivity index (χ4n) is 1.04. The maximum Gasteiger partial charge on any atom is 0.0824 e. The molecule has 1 heterocycles. The molecule has 0 bridgehead atoms. The number of ether oxygens (including phenoxy) is 2. The molecular weight excluding hydrogens is 142 g/mol.